The zero-order valence-electron chi connectivity index (χ0n) is 16.5. The molecule has 0 aliphatic carbocycles. The molecule has 0 saturated carbocycles. The van der Waals surface area contributed by atoms with E-state index in [-0.39, 0.29) is 19.3 Å². The molecule has 9 heteroatoms. The number of rotatable bonds is 8. The minimum absolute atomic E-state index is 0.175. The number of hydrogen-bond donors (Lipinski definition) is 0. The van der Waals surface area contributed by atoms with Crippen LogP contribution in [0.3, 0.4) is 0 Å². The van der Waals surface area contributed by atoms with E-state index in [2.05, 4.69) is 24.0 Å². The first-order valence-corrected chi connectivity index (χ1v) is 10.9. The second kappa shape index (κ2) is 9.13. The van der Waals surface area contributed by atoms with Crippen LogP contribution in [-0.2, 0) is 32.7 Å². The summed E-state index contributed by atoms with van der Waals surface area (Å²) >= 11 is 0. The second-order valence-corrected chi connectivity index (χ2v) is 9.14. The Bertz CT molecular complexity index is 864. The number of ether oxygens (including phenoxy) is 2. The van der Waals surface area contributed by atoms with E-state index in [1.54, 1.807) is 19.2 Å². The van der Waals surface area contributed by atoms with Crippen molar-refractivity contribution in [2.45, 2.75) is 56.8 Å². The van der Waals surface area contributed by atoms with Crippen LogP contribution in [0.1, 0.15) is 49.9 Å². The van der Waals surface area contributed by atoms with Crippen molar-refractivity contribution in [1.82, 2.24) is 14.4 Å². The molecule has 0 amide bonds. The zero-order chi connectivity index (χ0) is 20.1. The van der Waals surface area contributed by atoms with Crippen LogP contribution in [0.15, 0.2) is 33.7 Å². The number of methoxy groups -OCH3 is 1. The Morgan fingerprint density at radius 2 is 2.00 bits per heavy atom. The Morgan fingerprint density at radius 1 is 1.25 bits per heavy atom. The van der Waals surface area contributed by atoms with Gasteiger partial charge in [-0.25, -0.2) is 8.42 Å². The third kappa shape index (κ3) is 4.96. The maximum atomic E-state index is 13.0. The molecule has 1 aliphatic heterocycles. The van der Waals surface area contributed by atoms with Crippen LogP contribution in [0.2, 0.25) is 0 Å². The molecule has 0 spiro atoms. The van der Waals surface area contributed by atoms with Crippen LogP contribution in [-0.4, -0.2) is 49.2 Å². The Balaban J connectivity index is 1.61. The summed E-state index contributed by atoms with van der Waals surface area (Å²) in [5.41, 5.74) is 1.12. The van der Waals surface area contributed by atoms with Gasteiger partial charge in [-0.05, 0) is 36.5 Å². The molecule has 28 heavy (non-hydrogen) atoms. The zero-order valence-corrected chi connectivity index (χ0v) is 17.3. The molecule has 0 unspecified atom stereocenters. The minimum Gasteiger partial charge on any atom is -0.375 e. The maximum absolute atomic E-state index is 13.0. The highest BCUT2D eigenvalue weighted by Gasteiger charge is 2.31. The maximum Gasteiger partial charge on any atom is 0.252 e. The highest BCUT2D eigenvalue weighted by Crippen LogP contribution is 2.24. The predicted molar refractivity (Wildman–Crippen MR) is 102 cm³/mol. The van der Waals surface area contributed by atoms with Crippen molar-refractivity contribution in [1.29, 1.82) is 0 Å². The topological polar surface area (TPSA) is 94.8 Å². The third-order valence-corrected chi connectivity index (χ3v) is 6.63. The first-order valence-electron chi connectivity index (χ1n) is 9.42. The lowest BCUT2D eigenvalue weighted by molar-refractivity contribution is 0.00438. The van der Waals surface area contributed by atoms with Gasteiger partial charge in [-0.2, -0.15) is 9.29 Å². The number of piperidine rings is 1. The van der Waals surface area contributed by atoms with Gasteiger partial charge in [0.2, 0.25) is 10.0 Å². The third-order valence-electron chi connectivity index (χ3n) is 4.75. The summed E-state index contributed by atoms with van der Waals surface area (Å²) in [6.45, 7) is 5.40. The standard InChI is InChI=1S/C19H27N3O5S/c1-14(2)15-6-8-17(9-7-15)28(23,24)22-10-4-5-16(11-22)26-12-18-20-19(13-25-3)27-21-18/h6-9,14,16H,4-5,10-13H2,1-3H3/t16-/m0/s1. The van der Waals surface area contributed by atoms with Gasteiger partial charge in [0.15, 0.2) is 5.82 Å². The van der Waals surface area contributed by atoms with Gasteiger partial charge in [0, 0.05) is 20.2 Å². The number of hydrogen-bond acceptors (Lipinski definition) is 7. The average molecular weight is 410 g/mol. The number of aromatic nitrogens is 2. The van der Waals surface area contributed by atoms with Crippen molar-refractivity contribution in [3.63, 3.8) is 0 Å². The fraction of sp³-hybridized carbons (Fsp3) is 0.579. The van der Waals surface area contributed by atoms with Gasteiger partial charge in [-0.15, -0.1) is 0 Å². The molecule has 0 bridgehead atoms. The van der Waals surface area contributed by atoms with Gasteiger partial charge in [0.05, 0.1) is 11.0 Å². The van der Waals surface area contributed by atoms with E-state index in [0.717, 1.165) is 18.4 Å². The Labute approximate surface area is 165 Å². The van der Waals surface area contributed by atoms with Crippen LogP contribution in [0.4, 0.5) is 0 Å². The summed E-state index contributed by atoms with van der Waals surface area (Å²) in [5.74, 6) is 1.18. The molecule has 1 aromatic heterocycles. The molecule has 1 atom stereocenters. The molecule has 154 valence electrons. The first-order chi connectivity index (χ1) is 13.4. The van der Waals surface area contributed by atoms with Crippen molar-refractivity contribution in [3.8, 4) is 0 Å². The highest BCUT2D eigenvalue weighted by atomic mass is 32.2. The summed E-state index contributed by atoms with van der Waals surface area (Å²) in [6, 6.07) is 7.13. The smallest absolute Gasteiger partial charge is 0.252 e. The van der Waals surface area contributed by atoms with Gasteiger partial charge in [-0.3, -0.25) is 0 Å². The molecule has 1 saturated heterocycles. The van der Waals surface area contributed by atoms with Crippen LogP contribution in [0.25, 0.3) is 0 Å². The van der Waals surface area contributed by atoms with Gasteiger partial charge < -0.3 is 14.0 Å². The first kappa shape index (κ1) is 20.9. The number of benzene rings is 1. The minimum atomic E-state index is -3.54. The number of sulfonamides is 1. The van der Waals surface area contributed by atoms with Crippen molar-refractivity contribution < 1.29 is 22.4 Å². The van der Waals surface area contributed by atoms with Crippen molar-refractivity contribution in [3.05, 3.63) is 41.5 Å². The SMILES string of the molecule is COCc1nc(CO[C@H]2CCCN(S(=O)(=O)c3ccc(C(C)C)cc3)C2)no1. The second-order valence-electron chi connectivity index (χ2n) is 7.20. The van der Waals surface area contributed by atoms with Crippen molar-refractivity contribution in [2.75, 3.05) is 20.2 Å². The fourth-order valence-corrected chi connectivity index (χ4v) is 4.67. The van der Waals surface area contributed by atoms with E-state index in [0.29, 0.717) is 35.6 Å². The summed E-state index contributed by atoms with van der Waals surface area (Å²) in [6.07, 6.45) is 1.33. The molecule has 8 nitrogen and oxygen atoms in total. The van der Waals surface area contributed by atoms with Crippen LogP contribution < -0.4 is 0 Å². The normalized spacial score (nSPS) is 18.6. The van der Waals surface area contributed by atoms with E-state index < -0.39 is 10.0 Å². The van der Waals surface area contributed by atoms with Crippen LogP contribution in [0.5, 0.6) is 0 Å². The lowest BCUT2D eigenvalue weighted by Crippen LogP contribution is -2.43. The van der Waals surface area contributed by atoms with E-state index in [1.165, 1.54) is 4.31 Å². The quantitative estimate of drug-likeness (QED) is 0.661. The number of nitrogens with zero attached hydrogens (tertiary/aromatic N) is 3. The summed E-state index contributed by atoms with van der Waals surface area (Å²) in [4.78, 5) is 4.48. The molecule has 1 aromatic carbocycles. The Kier molecular flexibility index (Phi) is 6.82. The van der Waals surface area contributed by atoms with Crippen LogP contribution >= 0.6 is 0 Å². The molecule has 2 heterocycles. The fourth-order valence-electron chi connectivity index (χ4n) is 3.16. The van der Waals surface area contributed by atoms with E-state index in [1.807, 2.05) is 12.1 Å². The molecule has 0 N–H and O–H groups in total. The molecular formula is C19H27N3O5S. The molecule has 1 aliphatic rings. The lowest BCUT2D eigenvalue weighted by Gasteiger charge is -2.31. The highest BCUT2D eigenvalue weighted by molar-refractivity contribution is 7.89. The van der Waals surface area contributed by atoms with E-state index >= 15 is 0 Å². The molecule has 0 radical (unpaired) electrons. The lowest BCUT2D eigenvalue weighted by atomic mass is 10.0. The Hall–Kier alpha value is -1.81. The summed E-state index contributed by atoms with van der Waals surface area (Å²) < 4.78 is 43.3. The van der Waals surface area contributed by atoms with Gasteiger partial charge in [0.1, 0.15) is 13.2 Å². The van der Waals surface area contributed by atoms with Gasteiger partial charge >= 0.3 is 0 Å². The molecule has 2 aromatic rings. The average Bonchev–Trinajstić information content (AvgIpc) is 3.14. The molecule has 1 fully saturated rings. The largest absolute Gasteiger partial charge is 0.375 e. The van der Waals surface area contributed by atoms with Gasteiger partial charge in [0.25, 0.3) is 5.89 Å². The summed E-state index contributed by atoms with van der Waals surface area (Å²) in [5, 5.41) is 3.83. The van der Waals surface area contributed by atoms with Crippen LogP contribution in [0, 0.1) is 0 Å². The van der Waals surface area contributed by atoms with Gasteiger partial charge in [-0.1, -0.05) is 31.1 Å². The monoisotopic (exact) mass is 409 g/mol. The predicted octanol–water partition coefficient (Wildman–Crippen LogP) is 2.71. The van der Waals surface area contributed by atoms with E-state index in [9.17, 15) is 8.42 Å². The van der Waals surface area contributed by atoms with Crippen molar-refractivity contribution >= 4 is 10.0 Å². The molecule has 3 rings (SSSR count). The van der Waals surface area contributed by atoms with Crippen molar-refractivity contribution in [2.24, 2.45) is 0 Å². The van der Waals surface area contributed by atoms with E-state index in [4.69, 9.17) is 14.0 Å². The Morgan fingerprint density at radius 3 is 2.68 bits per heavy atom. The summed E-state index contributed by atoms with van der Waals surface area (Å²) in [7, 11) is -1.99. The molecular weight excluding hydrogens is 382 g/mol.